The molecule has 8 heteroatoms. The normalized spacial score (nSPS) is 24.1. The highest BCUT2D eigenvalue weighted by molar-refractivity contribution is 5.76. The van der Waals surface area contributed by atoms with E-state index in [-0.39, 0.29) is 23.3 Å². The van der Waals surface area contributed by atoms with Crippen molar-refractivity contribution in [1.29, 1.82) is 0 Å². The number of hydrogen-bond donors (Lipinski definition) is 2. The van der Waals surface area contributed by atoms with E-state index in [1.54, 1.807) is 0 Å². The Bertz CT molecular complexity index is 774. The molecule has 2 N–H and O–H groups in total. The van der Waals surface area contributed by atoms with E-state index in [0.717, 1.165) is 0 Å². The van der Waals surface area contributed by atoms with Crippen molar-refractivity contribution in [3.63, 3.8) is 0 Å². The zero-order chi connectivity index (χ0) is 13.0. The van der Waals surface area contributed by atoms with Crippen molar-refractivity contribution in [2.24, 2.45) is 0 Å². The quantitative estimate of drug-likeness (QED) is 0.694. The summed E-state index contributed by atoms with van der Waals surface area (Å²) in [7, 11) is 0. The standard InChI is InChI=1S/C11H9N5O3/c17-2-5-3-19-7-1-6(5)16-10(18)8-9(13-4-12-8)15-11(16)14-7/h2-4,6-7H,1H2,(H,12,13)(H,14,15). The van der Waals surface area contributed by atoms with Crippen molar-refractivity contribution < 1.29 is 9.53 Å². The van der Waals surface area contributed by atoms with E-state index in [9.17, 15) is 9.59 Å². The maximum Gasteiger partial charge on any atom is 0.283 e. The Balaban J connectivity index is 2.04. The van der Waals surface area contributed by atoms with Crippen molar-refractivity contribution in [2.45, 2.75) is 18.7 Å². The number of aromatic nitrogens is 4. The number of imidazole rings is 1. The van der Waals surface area contributed by atoms with Gasteiger partial charge in [0.15, 0.2) is 23.7 Å². The number of ether oxygens (including phenoxy) is 1. The zero-order valence-corrected chi connectivity index (χ0v) is 9.66. The number of anilines is 1. The lowest BCUT2D eigenvalue weighted by molar-refractivity contribution is -0.105. The number of allylic oxidation sites excluding steroid dienone is 1. The van der Waals surface area contributed by atoms with Gasteiger partial charge in [0.25, 0.3) is 5.56 Å². The summed E-state index contributed by atoms with van der Waals surface area (Å²) in [5.41, 5.74) is 0.839. The van der Waals surface area contributed by atoms with Gasteiger partial charge < -0.3 is 15.0 Å². The van der Waals surface area contributed by atoms with Gasteiger partial charge in [0.2, 0.25) is 5.95 Å². The zero-order valence-electron chi connectivity index (χ0n) is 9.66. The fourth-order valence-electron chi connectivity index (χ4n) is 2.52. The largest absolute Gasteiger partial charge is 0.478 e. The van der Waals surface area contributed by atoms with E-state index in [1.165, 1.54) is 17.2 Å². The number of nitrogens with one attached hydrogen (secondary N) is 2. The van der Waals surface area contributed by atoms with Gasteiger partial charge in [-0.15, -0.1) is 0 Å². The number of rotatable bonds is 1. The Kier molecular flexibility index (Phi) is 1.86. The van der Waals surface area contributed by atoms with Gasteiger partial charge in [0, 0.05) is 12.0 Å². The van der Waals surface area contributed by atoms with Gasteiger partial charge in [-0.25, -0.2) is 4.98 Å². The smallest absolute Gasteiger partial charge is 0.283 e. The molecular weight excluding hydrogens is 250 g/mol. The topological polar surface area (TPSA) is 102 Å². The first-order valence-corrected chi connectivity index (χ1v) is 5.81. The lowest BCUT2D eigenvalue weighted by Gasteiger charge is -2.36. The highest BCUT2D eigenvalue weighted by Gasteiger charge is 2.35. The average Bonchev–Trinajstić information content (AvgIpc) is 2.87. The molecule has 2 aromatic heterocycles. The van der Waals surface area contributed by atoms with Gasteiger partial charge in [-0.05, 0) is 0 Å². The first-order valence-electron chi connectivity index (χ1n) is 5.81. The molecular formula is C11H9N5O3. The summed E-state index contributed by atoms with van der Waals surface area (Å²) in [5, 5.41) is 3.02. The van der Waals surface area contributed by atoms with Crippen molar-refractivity contribution in [1.82, 2.24) is 19.5 Å². The molecule has 2 atom stereocenters. The molecule has 0 amide bonds. The predicted octanol–water partition coefficient (Wildman–Crippen LogP) is -0.0846. The number of fused-ring (bicyclic) bond motifs is 5. The second kappa shape index (κ2) is 3.44. The maximum absolute atomic E-state index is 12.4. The first-order chi connectivity index (χ1) is 9.28. The molecule has 0 aromatic carbocycles. The lowest BCUT2D eigenvalue weighted by atomic mass is 10.0. The molecule has 19 heavy (non-hydrogen) atoms. The number of aromatic amines is 1. The molecule has 4 rings (SSSR count). The maximum atomic E-state index is 12.4. The van der Waals surface area contributed by atoms with Crippen LogP contribution in [0.1, 0.15) is 12.5 Å². The Morgan fingerprint density at radius 3 is 3.26 bits per heavy atom. The fraction of sp³-hybridized carbons (Fsp3) is 0.273. The molecule has 2 unspecified atom stereocenters. The molecule has 0 radical (unpaired) electrons. The van der Waals surface area contributed by atoms with Gasteiger partial charge in [-0.2, -0.15) is 4.98 Å². The highest BCUT2D eigenvalue weighted by atomic mass is 16.5. The van der Waals surface area contributed by atoms with Crippen LogP contribution in [0.4, 0.5) is 5.95 Å². The Morgan fingerprint density at radius 2 is 2.42 bits per heavy atom. The number of carbonyl (C=O) groups is 1. The number of aldehydes is 1. The van der Waals surface area contributed by atoms with E-state index in [1.807, 2.05) is 0 Å². The van der Waals surface area contributed by atoms with Crippen LogP contribution in [0.2, 0.25) is 0 Å². The minimum Gasteiger partial charge on any atom is -0.478 e. The molecule has 2 aromatic rings. The third kappa shape index (κ3) is 1.28. The molecule has 8 nitrogen and oxygen atoms in total. The second-order valence-electron chi connectivity index (χ2n) is 4.47. The van der Waals surface area contributed by atoms with E-state index in [2.05, 4.69) is 20.3 Å². The Hall–Kier alpha value is -2.64. The van der Waals surface area contributed by atoms with Crippen LogP contribution in [-0.2, 0) is 9.53 Å². The van der Waals surface area contributed by atoms with Crippen LogP contribution in [0.25, 0.3) is 11.2 Å². The van der Waals surface area contributed by atoms with Crippen molar-refractivity contribution in [3.05, 3.63) is 28.5 Å². The minimum absolute atomic E-state index is 0.265. The molecule has 2 bridgehead atoms. The van der Waals surface area contributed by atoms with Crippen LogP contribution in [-0.4, -0.2) is 32.0 Å². The molecule has 2 aliphatic heterocycles. The fourth-order valence-corrected chi connectivity index (χ4v) is 2.52. The van der Waals surface area contributed by atoms with Gasteiger partial charge in [-0.3, -0.25) is 14.2 Å². The van der Waals surface area contributed by atoms with Gasteiger partial charge >= 0.3 is 0 Å². The summed E-state index contributed by atoms with van der Waals surface area (Å²) < 4.78 is 6.82. The SMILES string of the molecule is O=CC1=COC2CC1n1c(nc3[nH]cnc3c1=O)N2. The molecule has 4 heterocycles. The molecule has 0 saturated carbocycles. The molecule has 0 aliphatic carbocycles. The molecule has 0 saturated heterocycles. The van der Waals surface area contributed by atoms with E-state index >= 15 is 0 Å². The van der Waals surface area contributed by atoms with E-state index < -0.39 is 0 Å². The molecule has 2 aliphatic rings. The van der Waals surface area contributed by atoms with Crippen LogP contribution in [0.15, 0.2) is 23.0 Å². The summed E-state index contributed by atoms with van der Waals surface area (Å²) in [6.45, 7) is 0. The average molecular weight is 259 g/mol. The third-order valence-corrected chi connectivity index (χ3v) is 3.41. The number of nitrogens with zero attached hydrogens (tertiary/aromatic N) is 3. The monoisotopic (exact) mass is 259 g/mol. The summed E-state index contributed by atoms with van der Waals surface area (Å²) in [5.74, 6) is 0.385. The van der Waals surface area contributed by atoms with Crippen molar-refractivity contribution in [2.75, 3.05) is 5.32 Å². The second-order valence-corrected chi connectivity index (χ2v) is 4.47. The van der Waals surface area contributed by atoms with Crippen LogP contribution in [0, 0.1) is 0 Å². The van der Waals surface area contributed by atoms with Crippen LogP contribution >= 0.6 is 0 Å². The van der Waals surface area contributed by atoms with Crippen molar-refractivity contribution >= 4 is 23.4 Å². The van der Waals surface area contributed by atoms with E-state index in [4.69, 9.17) is 4.74 Å². The molecule has 96 valence electrons. The van der Waals surface area contributed by atoms with Gasteiger partial charge in [0.05, 0.1) is 18.6 Å². The van der Waals surface area contributed by atoms with Crippen molar-refractivity contribution in [3.8, 4) is 0 Å². The summed E-state index contributed by atoms with van der Waals surface area (Å²) in [4.78, 5) is 34.5. The minimum atomic E-state index is -0.353. The Labute approximate surface area is 106 Å². The van der Waals surface area contributed by atoms with Crippen LogP contribution in [0.5, 0.6) is 0 Å². The number of hydrogen-bond acceptors (Lipinski definition) is 6. The van der Waals surface area contributed by atoms with Crippen LogP contribution < -0.4 is 10.9 Å². The summed E-state index contributed by atoms with van der Waals surface area (Å²) in [6, 6.07) is -0.353. The summed E-state index contributed by atoms with van der Waals surface area (Å²) >= 11 is 0. The Morgan fingerprint density at radius 1 is 1.53 bits per heavy atom. The van der Waals surface area contributed by atoms with Gasteiger partial charge in [0.1, 0.15) is 0 Å². The van der Waals surface area contributed by atoms with Gasteiger partial charge in [-0.1, -0.05) is 0 Å². The highest BCUT2D eigenvalue weighted by Crippen LogP contribution is 2.33. The lowest BCUT2D eigenvalue weighted by Crippen LogP contribution is -2.43. The number of H-pyrrole nitrogens is 1. The number of carbonyl (C=O) groups excluding carboxylic acids is 1. The third-order valence-electron chi connectivity index (χ3n) is 3.41. The predicted molar refractivity (Wildman–Crippen MR) is 64.4 cm³/mol. The summed E-state index contributed by atoms with van der Waals surface area (Å²) in [6.07, 6.45) is 3.75. The molecule has 0 spiro atoms. The van der Waals surface area contributed by atoms with E-state index in [0.29, 0.717) is 29.9 Å². The van der Waals surface area contributed by atoms with Crippen LogP contribution in [0.3, 0.4) is 0 Å². The first kappa shape index (κ1) is 10.3. The molecule has 0 fully saturated rings.